The molecule has 0 saturated heterocycles. The Balaban J connectivity index is 2.23. The largest absolute Gasteiger partial charge is 0.459 e. The van der Waals surface area contributed by atoms with Crippen LogP contribution < -0.4 is 5.32 Å². The van der Waals surface area contributed by atoms with Crippen molar-refractivity contribution in [2.24, 2.45) is 0 Å². The molecule has 2 aromatic rings. The smallest absolute Gasteiger partial charge is 0.135 e. The van der Waals surface area contributed by atoms with E-state index in [9.17, 15) is 0 Å². The van der Waals surface area contributed by atoms with Crippen LogP contribution >= 0.6 is 31.9 Å². The zero-order chi connectivity index (χ0) is 14.5. The van der Waals surface area contributed by atoms with Crippen LogP contribution in [0.2, 0.25) is 0 Å². The number of benzene rings is 1. The van der Waals surface area contributed by atoms with Crippen LogP contribution in [-0.2, 0) is 0 Å². The lowest BCUT2D eigenvalue weighted by Gasteiger charge is -2.13. The molecule has 0 aliphatic heterocycles. The molecule has 2 nitrogen and oxygen atoms in total. The van der Waals surface area contributed by atoms with Gasteiger partial charge in [-0.2, -0.15) is 0 Å². The van der Waals surface area contributed by atoms with Gasteiger partial charge in [0.05, 0.1) is 6.04 Å². The van der Waals surface area contributed by atoms with Gasteiger partial charge in [-0.05, 0) is 65.6 Å². The quantitative estimate of drug-likeness (QED) is 0.650. The highest BCUT2D eigenvalue weighted by Gasteiger charge is 2.14. The van der Waals surface area contributed by atoms with Gasteiger partial charge in [0.1, 0.15) is 11.5 Å². The van der Waals surface area contributed by atoms with E-state index in [1.807, 2.05) is 18.2 Å². The molecule has 108 valence electrons. The Kier molecular flexibility index (Phi) is 5.87. The molecule has 1 aromatic carbocycles. The van der Waals surface area contributed by atoms with Gasteiger partial charge in [-0.3, -0.25) is 0 Å². The number of hydrogen-bond acceptors (Lipinski definition) is 2. The summed E-state index contributed by atoms with van der Waals surface area (Å²) >= 11 is 7.05. The molecular weight excluding hydrogens is 382 g/mol. The molecule has 0 aliphatic carbocycles. The second-order valence-corrected chi connectivity index (χ2v) is 6.51. The molecular formula is C16H19Br2NO. The van der Waals surface area contributed by atoms with Crippen LogP contribution in [0.25, 0.3) is 11.3 Å². The Morgan fingerprint density at radius 1 is 1.15 bits per heavy atom. The first-order valence-corrected chi connectivity index (χ1v) is 8.52. The highest BCUT2D eigenvalue weighted by Crippen LogP contribution is 2.33. The summed E-state index contributed by atoms with van der Waals surface area (Å²) in [5.41, 5.74) is 1.07. The molecule has 0 fully saturated rings. The van der Waals surface area contributed by atoms with E-state index in [4.69, 9.17) is 4.42 Å². The van der Waals surface area contributed by atoms with Crippen molar-refractivity contribution >= 4 is 31.9 Å². The Bertz CT molecular complexity index is 565. The van der Waals surface area contributed by atoms with Crippen LogP contribution in [0.4, 0.5) is 0 Å². The zero-order valence-corrected chi connectivity index (χ0v) is 14.9. The van der Waals surface area contributed by atoms with Gasteiger partial charge in [-0.1, -0.05) is 29.8 Å². The maximum atomic E-state index is 6.03. The van der Waals surface area contributed by atoms with Gasteiger partial charge in [0, 0.05) is 14.5 Å². The Labute approximate surface area is 137 Å². The summed E-state index contributed by atoms with van der Waals surface area (Å²) in [6.45, 7) is 5.35. The number of rotatable bonds is 6. The summed E-state index contributed by atoms with van der Waals surface area (Å²) < 4.78 is 8.11. The molecule has 0 amide bonds. The molecule has 0 aliphatic rings. The Morgan fingerprint density at radius 2 is 1.95 bits per heavy atom. The minimum Gasteiger partial charge on any atom is -0.459 e. The predicted octanol–water partition coefficient (Wildman–Crippen LogP) is 5.92. The van der Waals surface area contributed by atoms with Crippen molar-refractivity contribution in [1.82, 2.24) is 5.32 Å². The van der Waals surface area contributed by atoms with Crippen molar-refractivity contribution in [3.63, 3.8) is 0 Å². The molecule has 20 heavy (non-hydrogen) atoms. The molecule has 0 spiro atoms. The van der Waals surface area contributed by atoms with E-state index >= 15 is 0 Å². The second kappa shape index (κ2) is 7.43. The lowest BCUT2D eigenvalue weighted by Crippen LogP contribution is -2.20. The summed E-state index contributed by atoms with van der Waals surface area (Å²) in [4.78, 5) is 0. The first-order chi connectivity index (χ1) is 9.65. The van der Waals surface area contributed by atoms with Crippen LogP contribution in [0.1, 0.15) is 38.5 Å². The van der Waals surface area contributed by atoms with Crippen molar-refractivity contribution in [3.8, 4) is 11.3 Å². The fraction of sp³-hybridized carbons (Fsp3) is 0.375. The summed E-state index contributed by atoms with van der Waals surface area (Å²) in [6.07, 6.45) is 2.15. The molecule has 1 unspecified atom stereocenters. The van der Waals surface area contributed by atoms with Crippen LogP contribution in [0.5, 0.6) is 0 Å². The minimum atomic E-state index is 0.290. The predicted molar refractivity (Wildman–Crippen MR) is 90.9 cm³/mol. The number of halogens is 2. The number of hydrogen-bond donors (Lipinski definition) is 1. The van der Waals surface area contributed by atoms with Gasteiger partial charge in [0.15, 0.2) is 0 Å². The van der Waals surface area contributed by atoms with Crippen molar-refractivity contribution in [3.05, 3.63) is 45.0 Å². The van der Waals surface area contributed by atoms with Crippen LogP contribution in [0.3, 0.4) is 0 Å². The highest BCUT2D eigenvalue weighted by atomic mass is 79.9. The average molecular weight is 401 g/mol. The molecule has 1 heterocycles. The fourth-order valence-electron chi connectivity index (χ4n) is 2.14. The second-order valence-electron chi connectivity index (χ2n) is 4.74. The summed E-state index contributed by atoms with van der Waals surface area (Å²) in [5.74, 6) is 1.90. The standard InChI is InChI=1S/C16H19Br2NO/c1-3-9-19-14(4-2)16-8-7-15(20-16)12-6-5-11(17)10-13(12)18/h5-8,10,14,19H,3-4,9H2,1-2H3. The lowest BCUT2D eigenvalue weighted by atomic mass is 10.1. The third kappa shape index (κ3) is 3.74. The third-order valence-corrected chi connectivity index (χ3v) is 4.37. The molecule has 0 saturated carbocycles. The normalized spacial score (nSPS) is 12.6. The van der Waals surface area contributed by atoms with Crippen molar-refractivity contribution in [2.75, 3.05) is 6.54 Å². The molecule has 4 heteroatoms. The molecule has 0 radical (unpaired) electrons. The third-order valence-electron chi connectivity index (χ3n) is 3.22. The monoisotopic (exact) mass is 399 g/mol. The maximum absolute atomic E-state index is 6.03. The van der Waals surface area contributed by atoms with Crippen LogP contribution in [-0.4, -0.2) is 6.54 Å². The maximum Gasteiger partial charge on any atom is 0.135 e. The van der Waals surface area contributed by atoms with E-state index in [1.54, 1.807) is 0 Å². The molecule has 1 N–H and O–H groups in total. The topological polar surface area (TPSA) is 25.2 Å². The van der Waals surface area contributed by atoms with E-state index in [-0.39, 0.29) is 6.04 Å². The van der Waals surface area contributed by atoms with E-state index in [1.165, 1.54) is 0 Å². The van der Waals surface area contributed by atoms with Gasteiger partial charge >= 0.3 is 0 Å². The van der Waals surface area contributed by atoms with E-state index in [0.29, 0.717) is 0 Å². The molecule has 1 atom stereocenters. The van der Waals surface area contributed by atoms with Crippen molar-refractivity contribution < 1.29 is 4.42 Å². The van der Waals surface area contributed by atoms with Gasteiger partial charge in [-0.15, -0.1) is 0 Å². The van der Waals surface area contributed by atoms with E-state index < -0.39 is 0 Å². The Hall–Kier alpha value is -0.580. The number of nitrogens with one attached hydrogen (secondary N) is 1. The first-order valence-electron chi connectivity index (χ1n) is 6.94. The van der Waals surface area contributed by atoms with Crippen LogP contribution in [0.15, 0.2) is 43.7 Å². The average Bonchev–Trinajstić information content (AvgIpc) is 2.89. The highest BCUT2D eigenvalue weighted by molar-refractivity contribution is 9.11. The van der Waals surface area contributed by atoms with Gasteiger partial charge < -0.3 is 9.73 Å². The molecule has 0 bridgehead atoms. The van der Waals surface area contributed by atoms with E-state index in [0.717, 1.165) is 45.4 Å². The molecule has 2 rings (SSSR count). The lowest BCUT2D eigenvalue weighted by molar-refractivity contribution is 0.411. The SMILES string of the molecule is CCCNC(CC)c1ccc(-c2ccc(Br)cc2Br)o1. The van der Waals surface area contributed by atoms with Crippen LogP contribution in [0, 0.1) is 0 Å². The fourth-order valence-corrected chi connectivity index (χ4v) is 3.38. The van der Waals surface area contributed by atoms with Gasteiger partial charge in [0.25, 0.3) is 0 Å². The zero-order valence-electron chi connectivity index (χ0n) is 11.7. The van der Waals surface area contributed by atoms with Crippen molar-refractivity contribution in [1.29, 1.82) is 0 Å². The first kappa shape index (κ1) is 15.8. The summed E-state index contributed by atoms with van der Waals surface area (Å²) in [7, 11) is 0. The van der Waals surface area contributed by atoms with E-state index in [2.05, 4.69) is 63.2 Å². The van der Waals surface area contributed by atoms with Crippen molar-refractivity contribution in [2.45, 2.75) is 32.7 Å². The Morgan fingerprint density at radius 3 is 2.60 bits per heavy atom. The van der Waals surface area contributed by atoms with Gasteiger partial charge in [0.2, 0.25) is 0 Å². The number of furan rings is 1. The van der Waals surface area contributed by atoms with Gasteiger partial charge in [-0.25, -0.2) is 0 Å². The summed E-state index contributed by atoms with van der Waals surface area (Å²) in [6, 6.07) is 10.5. The molecule has 1 aromatic heterocycles. The minimum absolute atomic E-state index is 0.290. The summed E-state index contributed by atoms with van der Waals surface area (Å²) in [5, 5.41) is 3.51.